The molecule has 2 heterocycles. The largest absolute Gasteiger partial charge is 0.478 e. The van der Waals surface area contributed by atoms with Gasteiger partial charge < -0.3 is 14.7 Å². The zero-order chi connectivity index (χ0) is 30.0. The van der Waals surface area contributed by atoms with Gasteiger partial charge >= 0.3 is 11.9 Å². The first-order chi connectivity index (χ1) is 20.2. The van der Waals surface area contributed by atoms with E-state index in [2.05, 4.69) is 45.1 Å². The standard InChI is InChI=1S/C27H29N3O3S.C4H4O4/c31-34(32,24-9-5-2-6-10-24)29-23-12-13-25-26(28-33-27(25)19-23)14-11-21-15-17-30(18-16-21)20-22-7-3-1-4-8-22;5-3(6)1-2-4(7)8/h1-10,12-13,19,21,29H,11,14-18,20H2;1-2H,(H,5,6)(H,7,8)/b;2-1+. The van der Waals surface area contributed by atoms with Crippen LogP contribution in [0.1, 0.15) is 30.5 Å². The van der Waals surface area contributed by atoms with Crippen molar-refractivity contribution in [2.24, 2.45) is 5.92 Å². The van der Waals surface area contributed by atoms with E-state index in [0.29, 0.717) is 29.3 Å². The molecule has 1 aliphatic rings. The zero-order valence-corrected chi connectivity index (χ0v) is 23.7. The van der Waals surface area contributed by atoms with Gasteiger partial charge in [-0.15, -0.1) is 0 Å². The maximum atomic E-state index is 12.6. The van der Waals surface area contributed by atoms with E-state index in [0.717, 1.165) is 43.6 Å². The predicted molar refractivity (Wildman–Crippen MR) is 158 cm³/mol. The predicted octanol–water partition coefficient (Wildman–Crippen LogP) is 5.19. The number of fused-ring (bicyclic) bond motifs is 1. The first-order valence-corrected chi connectivity index (χ1v) is 15.0. The van der Waals surface area contributed by atoms with Crippen LogP contribution >= 0.6 is 0 Å². The Labute approximate surface area is 244 Å². The first kappa shape index (κ1) is 30.5. The Kier molecular flexibility index (Phi) is 10.5. The lowest BCUT2D eigenvalue weighted by molar-refractivity contribution is -0.134. The van der Waals surface area contributed by atoms with Crippen molar-refractivity contribution in [2.45, 2.75) is 37.1 Å². The van der Waals surface area contributed by atoms with E-state index in [-0.39, 0.29) is 4.90 Å². The molecule has 3 N–H and O–H groups in total. The second-order valence-corrected chi connectivity index (χ2v) is 11.7. The van der Waals surface area contributed by atoms with Gasteiger partial charge in [0, 0.05) is 30.1 Å². The van der Waals surface area contributed by atoms with Crippen LogP contribution in [0, 0.1) is 5.92 Å². The van der Waals surface area contributed by atoms with Crippen molar-refractivity contribution >= 4 is 38.6 Å². The average Bonchev–Trinajstić information content (AvgIpc) is 3.39. The minimum atomic E-state index is -3.64. The van der Waals surface area contributed by atoms with Gasteiger partial charge in [-0.05, 0) is 74.5 Å². The van der Waals surface area contributed by atoms with Crippen LogP contribution in [-0.4, -0.2) is 53.7 Å². The first-order valence-electron chi connectivity index (χ1n) is 13.6. The molecule has 0 radical (unpaired) electrons. The number of hydrogen-bond donors (Lipinski definition) is 3. The number of aryl methyl sites for hydroxylation is 1. The van der Waals surface area contributed by atoms with Crippen LogP contribution in [0.2, 0.25) is 0 Å². The Morgan fingerprint density at radius 2 is 1.55 bits per heavy atom. The van der Waals surface area contributed by atoms with Gasteiger partial charge in [0.1, 0.15) is 0 Å². The zero-order valence-electron chi connectivity index (χ0n) is 22.9. The molecular weight excluding hydrogens is 558 g/mol. The van der Waals surface area contributed by atoms with Gasteiger partial charge in [0.25, 0.3) is 10.0 Å². The van der Waals surface area contributed by atoms with Crippen LogP contribution in [0.3, 0.4) is 0 Å². The second-order valence-electron chi connectivity index (χ2n) is 10.0. The number of hydrogen-bond acceptors (Lipinski definition) is 7. The SMILES string of the molecule is O=C(O)/C=C/C(=O)O.O=S(=O)(Nc1ccc2c(CCC3CCN(Cc4ccccc4)CC3)noc2c1)c1ccccc1. The molecule has 4 aromatic rings. The summed E-state index contributed by atoms with van der Waals surface area (Å²) in [5.41, 5.74) is 3.38. The van der Waals surface area contributed by atoms with Crippen molar-refractivity contribution in [2.75, 3.05) is 17.8 Å². The summed E-state index contributed by atoms with van der Waals surface area (Å²) >= 11 is 0. The molecule has 0 bridgehead atoms. The van der Waals surface area contributed by atoms with Crippen molar-refractivity contribution < 1.29 is 32.7 Å². The van der Waals surface area contributed by atoms with E-state index >= 15 is 0 Å². The fraction of sp³-hybridized carbons (Fsp3) is 0.258. The lowest BCUT2D eigenvalue weighted by Crippen LogP contribution is -2.33. The molecule has 1 aliphatic heterocycles. The molecule has 11 heteroatoms. The Bertz CT molecular complexity index is 1600. The number of sulfonamides is 1. The molecular formula is C31H33N3O7S. The number of benzene rings is 3. The number of aromatic nitrogens is 1. The van der Waals surface area contributed by atoms with Crippen molar-refractivity contribution in [1.29, 1.82) is 0 Å². The van der Waals surface area contributed by atoms with Crippen LogP contribution < -0.4 is 4.72 Å². The molecule has 1 saturated heterocycles. The number of likely N-dealkylation sites (tertiary alicyclic amines) is 1. The molecule has 0 saturated carbocycles. The number of anilines is 1. The van der Waals surface area contributed by atoms with Gasteiger partial charge in [0.2, 0.25) is 0 Å². The summed E-state index contributed by atoms with van der Waals surface area (Å²) in [4.78, 5) is 21.9. The van der Waals surface area contributed by atoms with Crippen LogP contribution in [0.25, 0.3) is 11.0 Å². The van der Waals surface area contributed by atoms with E-state index in [1.807, 2.05) is 6.07 Å². The van der Waals surface area contributed by atoms with Crippen LogP contribution in [0.4, 0.5) is 5.69 Å². The molecule has 3 aromatic carbocycles. The summed E-state index contributed by atoms with van der Waals surface area (Å²) in [6.45, 7) is 3.28. The van der Waals surface area contributed by atoms with Gasteiger partial charge in [-0.1, -0.05) is 53.7 Å². The summed E-state index contributed by atoms with van der Waals surface area (Å²) < 4.78 is 33.3. The van der Waals surface area contributed by atoms with Gasteiger partial charge in [-0.25, -0.2) is 18.0 Å². The number of piperidine rings is 1. The van der Waals surface area contributed by atoms with Crippen LogP contribution in [-0.2, 0) is 32.6 Å². The summed E-state index contributed by atoms with van der Waals surface area (Å²) in [6.07, 6.45) is 5.47. The van der Waals surface area contributed by atoms with Crippen LogP contribution in [0.15, 0.2) is 100 Å². The quantitative estimate of drug-likeness (QED) is 0.212. The summed E-state index contributed by atoms with van der Waals surface area (Å²) in [7, 11) is -3.64. The molecule has 0 aliphatic carbocycles. The van der Waals surface area contributed by atoms with E-state index in [9.17, 15) is 18.0 Å². The van der Waals surface area contributed by atoms with Crippen molar-refractivity contribution in [3.05, 3.63) is 102 Å². The van der Waals surface area contributed by atoms with Gasteiger partial charge in [0.15, 0.2) is 5.58 Å². The van der Waals surface area contributed by atoms with Crippen LogP contribution in [0.5, 0.6) is 0 Å². The number of rotatable bonds is 10. The summed E-state index contributed by atoms with van der Waals surface area (Å²) in [6, 6.07) is 24.4. The van der Waals surface area contributed by atoms with E-state index in [4.69, 9.17) is 14.7 Å². The second kappa shape index (κ2) is 14.4. The third-order valence-corrected chi connectivity index (χ3v) is 8.36. The van der Waals surface area contributed by atoms with E-state index in [1.54, 1.807) is 42.5 Å². The highest BCUT2D eigenvalue weighted by molar-refractivity contribution is 7.92. The maximum absolute atomic E-state index is 12.6. The highest BCUT2D eigenvalue weighted by Gasteiger charge is 2.21. The minimum Gasteiger partial charge on any atom is -0.478 e. The third-order valence-electron chi connectivity index (χ3n) is 6.97. The molecule has 0 spiro atoms. The molecule has 1 fully saturated rings. The number of carbonyl (C=O) groups is 2. The Morgan fingerprint density at radius 1 is 0.929 bits per heavy atom. The highest BCUT2D eigenvalue weighted by Crippen LogP contribution is 2.28. The molecule has 0 atom stereocenters. The topological polar surface area (TPSA) is 150 Å². The normalized spacial score (nSPS) is 14.4. The Morgan fingerprint density at radius 3 is 2.17 bits per heavy atom. The fourth-order valence-corrected chi connectivity index (χ4v) is 5.88. The van der Waals surface area contributed by atoms with Crippen molar-refractivity contribution in [1.82, 2.24) is 10.1 Å². The minimum absolute atomic E-state index is 0.225. The van der Waals surface area contributed by atoms with E-state index in [1.165, 1.54) is 18.4 Å². The maximum Gasteiger partial charge on any atom is 0.328 e. The number of carboxylic acid groups (broad SMARTS) is 2. The molecule has 1 aromatic heterocycles. The van der Waals surface area contributed by atoms with Gasteiger partial charge in [-0.2, -0.15) is 0 Å². The summed E-state index contributed by atoms with van der Waals surface area (Å²) in [5, 5.41) is 20.9. The van der Waals surface area contributed by atoms with Crippen molar-refractivity contribution in [3.63, 3.8) is 0 Å². The molecule has 42 heavy (non-hydrogen) atoms. The molecule has 10 nitrogen and oxygen atoms in total. The van der Waals surface area contributed by atoms with Gasteiger partial charge in [0.05, 0.1) is 16.3 Å². The Hall–Kier alpha value is -4.48. The lowest BCUT2D eigenvalue weighted by Gasteiger charge is -2.31. The smallest absolute Gasteiger partial charge is 0.328 e. The molecule has 5 rings (SSSR count). The highest BCUT2D eigenvalue weighted by atomic mass is 32.2. The molecule has 220 valence electrons. The van der Waals surface area contributed by atoms with Gasteiger partial charge in [-0.3, -0.25) is 9.62 Å². The fourth-order valence-electron chi connectivity index (χ4n) is 4.81. The van der Waals surface area contributed by atoms with E-state index < -0.39 is 22.0 Å². The number of nitrogens with zero attached hydrogens (tertiary/aromatic N) is 2. The number of carboxylic acids is 2. The average molecular weight is 592 g/mol. The number of nitrogens with one attached hydrogen (secondary N) is 1. The monoisotopic (exact) mass is 591 g/mol. The Balaban J connectivity index is 0.000000446. The lowest BCUT2D eigenvalue weighted by atomic mass is 9.91. The number of aliphatic carboxylic acids is 2. The summed E-state index contributed by atoms with van der Waals surface area (Å²) in [5.74, 6) is -1.82. The molecule has 0 amide bonds. The molecule has 0 unspecified atom stereocenters. The third kappa shape index (κ3) is 9.02. The van der Waals surface area contributed by atoms with Crippen molar-refractivity contribution in [3.8, 4) is 0 Å².